The predicted octanol–water partition coefficient (Wildman–Crippen LogP) is 5.31. The standard InChI is InChI=1S/C17H15Cl2NO2/c1-2-10-22-17(21)12-6-8-13(9-7-12)20-11-14-15(18)4-3-5-16(14)19/h3-9,11H,2,10H2,1H3. The number of aliphatic imine (C=N–C) groups is 1. The summed E-state index contributed by atoms with van der Waals surface area (Å²) in [5, 5.41) is 1.08. The lowest BCUT2D eigenvalue weighted by atomic mass is 10.2. The fourth-order valence-corrected chi connectivity index (χ4v) is 2.23. The van der Waals surface area contributed by atoms with Gasteiger partial charge in [0.2, 0.25) is 0 Å². The Labute approximate surface area is 139 Å². The van der Waals surface area contributed by atoms with E-state index in [1.807, 2.05) is 6.92 Å². The molecule has 0 fully saturated rings. The van der Waals surface area contributed by atoms with E-state index in [0.717, 1.165) is 6.42 Å². The first kappa shape index (κ1) is 16.5. The van der Waals surface area contributed by atoms with Crippen LogP contribution < -0.4 is 0 Å². The van der Waals surface area contributed by atoms with Crippen molar-refractivity contribution in [2.45, 2.75) is 13.3 Å². The van der Waals surface area contributed by atoms with Gasteiger partial charge in [-0.3, -0.25) is 4.99 Å². The number of rotatable bonds is 5. The van der Waals surface area contributed by atoms with Crippen molar-refractivity contribution in [3.05, 3.63) is 63.6 Å². The fourth-order valence-electron chi connectivity index (χ4n) is 1.73. The number of halogens is 2. The molecule has 0 N–H and O–H groups in total. The monoisotopic (exact) mass is 335 g/mol. The number of esters is 1. The second-order valence-electron chi connectivity index (χ2n) is 4.58. The summed E-state index contributed by atoms with van der Waals surface area (Å²) in [6.45, 7) is 2.37. The summed E-state index contributed by atoms with van der Waals surface area (Å²) in [6, 6.07) is 12.1. The van der Waals surface area contributed by atoms with Crippen molar-refractivity contribution in [2.75, 3.05) is 6.61 Å². The third-order valence-electron chi connectivity index (χ3n) is 2.88. The Bertz CT molecular complexity index is 661. The van der Waals surface area contributed by atoms with Crippen LogP contribution in [0.25, 0.3) is 0 Å². The summed E-state index contributed by atoms with van der Waals surface area (Å²) < 4.78 is 5.07. The van der Waals surface area contributed by atoms with Crippen molar-refractivity contribution < 1.29 is 9.53 Å². The number of ether oxygens (including phenoxy) is 1. The van der Waals surface area contributed by atoms with Crippen molar-refractivity contribution in [1.29, 1.82) is 0 Å². The average molecular weight is 336 g/mol. The molecule has 0 bridgehead atoms. The Morgan fingerprint density at radius 2 is 1.77 bits per heavy atom. The number of carbonyl (C=O) groups excluding carboxylic acids is 1. The van der Waals surface area contributed by atoms with Crippen LogP contribution in [0.4, 0.5) is 5.69 Å². The molecule has 0 aliphatic carbocycles. The van der Waals surface area contributed by atoms with Crippen LogP contribution >= 0.6 is 23.2 Å². The normalized spacial score (nSPS) is 10.9. The lowest BCUT2D eigenvalue weighted by molar-refractivity contribution is 0.0505. The zero-order valence-corrected chi connectivity index (χ0v) is 13.6. The molecular weight excluding hydrogens is 321 g/mol. The number of benzene rings is 2. The van der Waals surface area contributed by atoms with Gasteiger partial charge in [-0.25, -0.2) is 4.79 Å². The molecule has 2 rings (SSSR count). The van der Waals surface area contributed by atoms with Gasteiger partial charge >= 0.3 is 5.97 Å². The second kappa shape index (κ2) is 7.97. The van der Waals surface area contributed by atoms with Gasteiger partial charge in [0.25, 0.3) is 0 Å². The maximum atomic E-state index is 11.7. The molecule has 0 amide bonds. The average Bonchev–Trinajstić information content (AvgIpc) is 2.52. The predicted molar refractivity (Wildman–Crippen MR) is 90.7 cm³/mol. The number of nitrogens with zero attached hydrogens (tertiary/aromatic N) is 1. The van der Waals surface area contributed by atoms with Crippen molar-refractivity contribution in [1.82, 2.24) is 0 Å². The van der Waals surface area contributed by atoms with Crippen LogP contribution in [0.2, 0.25) is 10.0 Å². The van der Waals surface area contributed by atoms with Gasteiger partial charge in [-0.1, -0.05) is 36.2 Å². The van der Waals surface area contributed by atoms with Crippen LogP contribution in [0.15, 0.2) is 47.5 Å². The molecule has 0 saturated carbocycles. The second-order valence-corrected chi connectivity index (χ2v) is 5.39. The van der Waals surface area contributed by atoms with Crippen LogP contribution in [0.5, 0.6) is 0 Å². The number of carbonyl (C=O) groups is 1. The summed E-state index contributed by atoms with van der Waals surface area (Å²) in [7, 11) is 0. The van der Waals surface area contributed by atoms with Crippen molar-refractivity contribution in [3.63, 3.8) is 0 Å². The molecule has 0 heterocycles. The Hall–Kier alpha value is -1.84. The van der Waals surface area contributed by atoms with Gasteiger partial charge in [-0.15, -0.1) is 0 Å². The molecule has 114 valence electrons. The minimum Gasteiger partial charge on any atom is -0.462 e. The van der Waals surface area contributed by atoms with E-state index in [1.54, 1.807) is 48.7 Å². The molecule has 0 aromatic heterocycles. The third kappa shape index (κ3) is 4.33. The smallest absolute Gasteiger partial charge is 0.338 e. The topological polar surface area (TPSA) is 38.7 Å². The molecule has 0 spiro atoms. The molecule has 0 aliphatic heterocycles. The van der Waals surface area contributed by atoms with Crippen molar-refractivity contribution in [2.24, 2.45) is 4.99 Å². The summed E-state index contributed by atoms with van der Waals surface area (Å²) in [6.07, 6.45) is 2.40. The lowest BCUT2D eigenvalue weighted by Crippen LogP contribution is -2.05. The molecule has 3 nitrogen and oxygen atoms in total. The summed E-state index contributed by atoms with van der Waals surface area (Å²) in [5.74, 6) is -0.327. The fraction of sp³-hybridized carbons (Fsp3) is 0.176. The van der Waals surface area contributed by atoms with E-state index in [2.05, 4.69) is 4.99 Å². The zero-order valence-electron chi connectivity index (χ0n) is 12.1. The molecule has 2 aromatic carbocycles. The molecule has 2 aromatic rings. The first-order chi connectivity index (χ1) is 10.6. The van der Waals surface area contributed by atoms with Gasteiger partial charge in [-0.05, 0) is 42.8 Å². The van der Waals surface area contributed by atoms with Gasteiger partial charge in [0, 0.05) is 11.8 Å². The molecule has 5 heteroatoms. The van der Waals surface area contributed by atoms with E-state index in [-0.39, 0.29) is 5.97 Å². The highest BCUT2D eigenvalue weighted by Gasteiger charge is 2.06. The van der Waals surface area contributed by atoms with E-state index >= 15 is 0 Å². The van der Waals surface area contributed by atoms with Crippen molar-refractivity contribution in [3.8, 4) is 0 Å². The summed E-state index contributed by atoms with van der Waals surface area (Å²) >= 11 is 12.1. The number of hydrogen-bond acceptors (Lipinski definition) is 3. The highest BCUT2D eigenvalue weighted by atomic mass is 35.5. The summed E-state index contributed by atoms with van der Waals surface area (Å²) in [5.41, 5.74) is 1.86. The van der Waals surface area contributed by atoms with Gasteiger partial charge in [0.05, 0.1) is 27.9 Å². The molecular formula is C17H15Cl2NO2. The van der Waals surface area contributed by atoms with Gasteiger partial charge in [-0.2, -0.15) is 0 Å². The number of hydrogen-bond donors (Lipinski definition) is 0. The molecule has 0 radical (unpaired) electrons. The minimum absolute atomic E-state index is 0.327. The minimum atomic E-state index is -0.327. The Morgan fingerprint density at radius 3 is 2.36 bits per heavy atom. The molecule has 0 aliphatic rings. The van der Waals surface area contributed by atoms with Crippen LogP contribution in [-0.2, 0) is 4.74 Å². The van der Waals surface area contributed by atoms with Crippen LogP contribution in [-0.4, -0.2) is 18.8 Å². The molecule has 0 unspecified atom stereocenters. The van der Waals surface area contributed by atoms with E-state index < -0.39 is 0 Å². The largest absolute Gasteiger partial charge is 0.462 e. The van der Waals surface area contributed by atoms with Crippen LogP contribution in [0.3, 0.4) is 0 Å². The third-order valence-corrected chi connectivity index (χ3v) is 3.54. The maximum absolute atomic E-state index is 11.7. The maximum Gasteiger partial charge on any atom is 0.338 e. The van der Waals surface area contributed by atoms with Gasteiger partial charge in [0.15, 0.2) is 0 Å². The zero-order chi connectivity index (χ0) is 15.9. The first-order valence-electron chi connectivity index (χ1n) is 6.87. The van der Waals surface area contributed by atoms with Gasteiger partial charge in [0.1, 0.15) is 0 Å². The Balaban J connectivity index is 2.11. The van der Waals surface area contributed by atoms with Gasteiger partial charge < -0.3 is 4.74 Å². The molecule has 0 saturated heterocycles. The highest BCUT2D eigenvalue weighted by Crippen LogP contribution is 2.23. The quantitative estimate of drug-likeness (QED) is 0.548. The summed E-state index contributed by atoms with van der Waals surface area (Å²) in [4.78, 5) is 16.0. The van der Waals surface area contributed by atoms with Crippen molar-refractivity contribution >= 4 is 41.1 Å². The van der Waals surface area contributed by atoms with E-state index in [0.29, 0.717) is 33.5 Å². The van der Waals surface area contributed by atoms with E-state index in [9.17, 15) is 4.79 Å². The first-order valence-corrected chi connectivity index (χ1v) is 7.62. The Morgan fingerprint density at radius 1 is 1.14 bits per heavy atom. The molecule has 22 heavy (non-hydrogen) atoms. The van der Waals surface area contributed by atoms with Crippen LogP contribution in [0, 0.1) is 0 Å². The Kier molecular flexibility index (Phi) is 5.99. The lowest BCUT2D eigenvalue weighted by Gasteiger charge is -2.03. The highest BCUT2D eigenvalue weighted by molar-refractivity contribution is 6.38. The van der Waals surface area contributed by atoms with E-state index in [1.165, 1.54) is 0 Å². The molecule has 0 atom stereocenters. The van der Waals surface area contributed by atoms with Crippen LogP contribution in [0.1, 0.15) is 29.3 Å². The SMILES string of the molecule is CCCOC(=O)c1ccc(N=Cc2c(Cl)cccc2Cl)cc1. The van der Waals surface area contributed by atoms with E-state index in [4.69, 9.17) is 27.9 Å².